The molecule has 0 aliphatic carbocycles. The normalized spacial score (nSPS) is 12.6. The zero-order chi connectivity index (χ0) is 22.1. The third-order valence-electron chi connectivity index (χ3n) is 4.75. The van der Waals surface area contributed by atoms with Crippen LogP contribution in [-0.2, 0) is 0 Å². The van der Waals surface area contributed by atoms with Crippen molar-refractivity contribution in [3.8, 4) is 0 Å². The van der Waals surface area contributed by atoms with Crippen LogP contribution in [0.25, 0.3) is 0 Å². The number of amides is 3. The molecule has 0 atom stereocenters. The van der Waals surface area contributed by atoms with Crippen LogP contribution >= 0.6 is 11.8 Å². The van der Waals surface area contributed by atoms with Gasteiger partial charge in [-0.05, 0) is 54.6 Å². The number of hydrogen-bond donors (Lipinski definition) is 1. The summed E-state index contributed by atoms with van der Waals surface area (Å²) in [5.74, 6) is -1.20. The Bertz CT molecular complexity index is 1220. The van der Waals surface area contributed by atoms with E-state index in [0.29, 0.717) is 5.69 Å². The fraction of sp³-hybridized carbons (Fsp3) is 0.0455. The summed E-state index contributed by atoms with van der Waals surface area (Å²) < 4.78 is 0. The molecule has 0 unspecified atom stereocenters. The van der Waals surface area contributed by atoms with Crippen molar-refractivity contribution in [3.63, 3.8) is 0 Å². The highest BCUT2D eigenvalue weighted by Crippen LogP contribution is 2.30. The molecule has 0 aromatic heterocycles. The highest BCUT2D eigenvalue weighted by Gasteiger charge is 2.33. The Morgan fingerprint density at radius 1 is 0.903 bits per heavy atom. The summed E-state index contributed by atoms with van der Waals surface area (Å²) in [5.41, 5.74) is 1.39. The average Bonchev–Trinajstić information content (AvgIpc) is 2.99. The lowest BCUT2D eigenvalue weighted by Gasteiger charge is -2.07. The number of nitrogens with zero attached hydrogens (tertiary/aromatic N) is 2. The van der Waals surface area contributed by atoms with E-state index in [1.54, 1.807) is 24.3 Å². The van der Waals surface area contributed by atoms with Crippen LogP contribution in [0, 0.1) is 10.1 Å². The Morgan fingerprint density at radius 2 is 1.48 bits per heavy atom. The molecule has 4 rings (SSSR count). The number of anilines is 1. The van der Waals surface area contributed by atoms with Crippen LogP contribution in [0.1, 0.15) is 31.1 Å². The Labute approximate surface area is 181 Å². The lowest BCUT2D eigenvalue weighted by atomic mass is 10.1. The van der Waals surface area contributed by atoms with Crippen LogP contribution in [0.2, 0.25) is 0 Å². The van der Waals surface area contributed by atoms with E-state index in [0.717, 1.165) is 14.7 Å². The van der Waals surface area contributed by atoms with Crippen LogP contribution in [0.15, 0.2) is 76.5 Å². The first-order chi connectivity index (χ1) is 14.8. The van der Waals surface area contributed by atoms with E-state index in [-0.39, 0.29) is 28.3 Å². The molecule has 0 spiro atoms. The van der Waals surface area contributed by atoms with Gasteiger partial charge in [-0.2, -0.15) is 0 Å². The lowest BCUT2D eigenvalue weighted by Crippen LogP contribution is -2.24. The van der Waals surface area contributed by atoms with Gasteiger partial charge in [-0.15, -0.1) is 0 Å². The van der Waals surface area contributed by atoms with Crippen LogP contribution in [0.5, 0.6) is 0 Å². The maximum atomic E-state index is 12.6. The summed E-state index contributed by atoms with van der Waals surface area (Å²) in [6, 6.07) is 17.8. The average molecular weight is 433 g/mol. The molecule has 3 aromatic rings. The fourth-order valence-corrected chi connectivity index (χ4v) is 3.90. The van der Waals surface area contributed by atoms with Crippen LogP contribution < -0.4 is 5.32 Å². The van der Waals surface area contributed by atoms with E-state index in [9.17, 15) is 24.5 Å². The smallest absolute Gasteiger partial charge is 0.269 e. The van der Waals surface area contributed by atoms with Gasteiger partial charge in [0, 0.05) is 40.2 Å². The van der Waals surface area contributed by atoms with Gasteiger partial charge in [0.15, 0.2) is 0 Å². The number of imide groups is 1. The molecule has 9 heteroatoms. The van der Waals surface area contributed by atoms with Crippen molar-refractivity contribution >= 4 is 40.9 Å². The number of nitro groups is 1. The van der Waals surface area contributed by atoms with Gasteiger partial charge in [0.25, 0.3) is 23.4 Å². The predicted octanol–water partition coefficient (Wildman–Crippen LogP) is 4.22. The first-order valence-corrected chi connectivity index (χ1v) is 9.95. The minimum Gasteiger partial charge on any atom is -0.322 e. The monoisotopic (exact) mass is 433 g/mol. The molecule has 0 saturated carbocycles. The largest absolute Gasteiger partial charge is 0.322 e. The van der Waals surface area contributed by atoms with Crippen molar-refractivity contribution in [3.05, 3.63) is 93.5 Å². The number of nitrogens with one attached hydrogen (secondary N) is 1. The molecule has 3 amide bonds. The Morgan fingerprint density at radius 3 is 2.10 bits per heavy atom. The molecule has 0 saturated heterocycles. The van der Waals surface area contributed by atoms with Gasteiger partial charge in [0.1, 0.15) is 0 Å². The number of fused-ring (bicyclic) bond motifs is 1. The number of nitro benzene ring substituents is 1. The van der Waals surface area contributed by atoms with E-state index < -0.39 is 16.7 Å². The molecule has 1 N–H and O–H groups in total. The van der Waals surface area contributed by atoms with Gasteiger partial charge in [-0.1, -0.05) is 11.8 Å². The van der Waals surface area contributed by atoms with Crippen molar-refractivity contribution in [1.82, 2.24) is 4.90 Å². The maximum Gasteiger partial charge on any atom is 0.269 e. The van der Waals surface area contributed by atoms with Gasteiger partial charge >= 0.3 is 0 Å². The van der Waals surface area contributed by atoms with Gasteiger partial charge in [-0.25, -0.2) is 0 Å². The molecular formula is C22H15N3O5S. The Kier molecular flexibility index (Phi) is 5.26. The molecule has 154 valence electrons. The Hall–Kier alpha value is -3.98. The van der Waals surface area contributed by atoms with Gasteiger partial charge in [0.2, 0.25) is 0 Å². The summed E-state index contributed by atoms with van der Waals surface area (Å²) in [5, 5.41) is 13.5. The quantitative estimate of drug-likeness (QED) is 0.366. The summed E-state index contributed by atoms with van der Waals surface area (Å²) in [7, 11) is 1.40. The highest BCUT2D eigenvalue weighted by atomic mass is 32.2. The summed E-state index contributed by atoms with van der Waals surface area (Å²) in [6.07, 6.45) is 0. The number of benzene rings is 3. The molecule has 8 nitrogen and oxygen atoms in total. The maximum absolute atomic E-state index is 12.6. The van der Waals surface area contributed by atoms with E-state index in [1.807, 2.05) is 12.1 Å². The molecule has 1 aliphatic rings. The number of hydrogen-bond acceptors (Lipinski definition) is 6. The summed E-state index contributed by atoms with van der Waals surface area (Å²) in [4.78, 5) is 49.7. The molecule has 31 heavy (non-hydrogen) atoms. The molecule has 0 fully saturated rings. The Balaban J connectivity index is 1.43. The standard InChI is InChI=1S/C22H15N3O5S/c1-24-21(27)18-11-2-13(12-19(18)22(24)28)20(26)23-14-3-7-16(8-4-14)31-17-9-5-15(6-10-17)25(29)30/h2-12H,1H3,(H,23,26). The molecule has 1 heterocycles. The van der Waals surface area contributed by atoms with Crippen molar-refractivity contribution in [2.75, 3.05) is 12.4 Å². The summed E-state index contributed by atoms with van der Waals surface area (Å²) >= 11 is 1.44. The summed E-state index contributed by atoms with van der Waals surface area (Å²) in [6.45, 7) is 0. The van der Waals surface area contributed by atoms with Gasteiger partial charge in [0.05, 0.1) is 16.1 Å². The number of carbonyl (C=O) groups excluding carboxylic acids is 3. The van der Waals surface area contributed by atoms with Crippen molar-refractivity contribution in [2.24, 2.45) is 0 Å². The van der Waals surface area contributed by atoms with E-state index in [2.05, 4.69) is 5.32 Å². The highest BCUT2D eigenvalue weighted by molar-refractivity contribution is 7.99. The van der Waals surface area contributed by atoms with Crippen LogP contribution in [-0.4, -0.2) is 34.6 Å². The molecule has 3 aromatic carbocycles. The van der Waals surface area contributed by atoms with Crippen molar-refractivity contribution < 1.29 is 19.3 Å². The van der Waals surface area contributed by atoms with Crippen LogP contribution in [0.3, 0.4) is 0 Å². The van der Waals surface area contributed by atoms with E-state index >= 15 is 0 Å². The van der Waals surface area contributed by atoms with E-state index in [1.165, 1.54) is 49.1 Å². The zero-order valence-electron chi connectivity index (χ0n) is 16.2. The molecule has 0 bridgehead atoms. The SMILES string of the molecule is CN1C(=O)c2ccc(C(=O)Nc3ccc(Sc4ccc([N+](=O)[O-])cc4)cc3)cc2C1=O. The minimum atomic E-state index is -0.445. The molecule has 0 radical (unpaired) electrons. The lowest BCUT2D eigenvalue weighted by molar-refractivity contribution is -0.384. The first-order valence-electron chi connectivity index (χ1n) is 9.13. The second-order valence-electron chi connectivity index (χ2n) is 6.76. The van der Waals surface area contributed by atoms with Gasteiger partial charge < -0.3 is 5.32 Å². The number of rotatable bonds is 5. The topological polar surface area (TPSA) is 110 Å². The minimum absolute atomic E-state index is 0.0340. The predicted molar refractivity (Wildman–Crippen MR) is 114 cm³/mol. The molecular weight excluding hydrogens is 418 g/mol. The first kappa shape index (κ1) is 20.3. The third-order valence-corrected chi connectivity index (χ3v) is 5.76. The number of non-ortho nitro benzene ring substituents is 1. The van der Waals surface area contributed by atoms with E-state index in [4.69, 9.17) is 0 Å². The zero-order valence-corrected chi connectivity index (χ0v) is 17.0. The van der Waals surface area contributed by atoms with Gasteiger partial charge in [-0.3, -0.25) is 29.4 Å². The van der Waals surface area contributed by atoms with Crippen molar-refractivity contribution in [2.45, 2.75) is 9.79 Å². The fourth-order valence-electron chi connectivity index (χ4n) is 3.08. The number of carbonyl (C=O) groups is 3. The van der Waals surface area contributed by atoms with Crippen LogP contribution in [0.4, 0.5) is 11.4 Å². The van der Waals surface area contributed by atoms with Crippen molar-refractivity contribution in [1.29, 1.82) is 0 Å². The second-order valence-corrected chi connectivity index (χ2v) is 7.91. The second kappa shape index (κ2) is 8.04. The molecule has 1 aliphatic heterocycles. The third kappa shape index (κ3) is 4.03.